The quantitative estimate of drug-likeness (QED) is 0.439. The highest BCUT2D eigenvalue weighted by atomic mass is 16.6. The zero-order valence-corrected chi connectivity index (χ0v) is 12.5. The minimum Gasteiger partial charge on any atom is -0.258 e. The fraction of sp³-hybridized carbons (Fsp3) is 0.250. The summed E-state index contributed by atoms with van der Waals surface area (Å²) in [6, 6.07) is 9.28. The minimum atomic E-state index is -0.412. The van der Waals surface area contributed by atoms with Crippen LogP contribution in [-0.4, -0.2) is 4.92 Å². The van der Waals surface area contributed by atoms with E-state index in [1.54, 1.807) is 19.1 Å². The van der Waals surface area contributed by atoms with Crippen LogP contribution in [0.4, 0.5) is 17.1 Å². The van der Waals surface area contributed by atoms with Crippen LogP contribution < -0.4 is 0 Å². The van der Waals surface area contributed by atoms with Crippen molar-refractivity contribution in [3.8, 4) is 0 Å². The molecule has 2 rings (SSSR count). The summed E-state index contributed by atoms with van der Waals surface area (Å²) < 4.78 is 0. The first-order valence-corrected chi connectivity index (χ1v) is 6.62. The molecule has 5 nitrogen and oxygen atoms in total. The molecule has 21 heavy (non-hydrogen) atoms. The molecular formula is C16H17N3O2. The largest absolute Gasteiger partial charge is 0.299 e. The van der Waals surface area contributed by atoms with Gasteiger partial charge < -0.3 is 0 Å². The van der Waals surface area contributed by atoms with Crippen LogP contribution in [0.1, 0.15) is 22.3 Å². The lowest BCUT2D eigenvalue weighted by Crippen LogP contribution is -1.92. The van der Waals surface area contributed by atoms with Crippen molar-refractivity contribution in [2.75, 3.05) is 0 Å². The van der Waals surface area contributed by atoms with Gasteiger partial charge in [0, 0.05) is 5.56 Å². The Morgan fingerprint density at radius 2 is 1.43 bits per heavy atom. The fourth-order valence-electron chi connectivity index (χ4n) is 2.37. The van der Waals surface area contributed by atoms with Crippen LogP contribution in [0.3, 0.4) is 0 Å². The number of nitro groups is 1. The number of rotatable bonds is 3. The zero-order chi connectivity index (χ0) is 15.6. The van der Waals surface area contributed by atoms with Crippen molar-refractivity contribution < 1.29 is 4.92 Å². The summed E-state index contributed by atoms with van der Waals surface area (Å²) in [4.78, 5) is 10.8. The first-order valence-electron chi connectivity index (χ1n) is 6.62. The third kappa shape index (κ3) is 3.51. The van der Waals surface area contributed by atoms with Gasteiger partial charge in [0.15, 0.2) is 5.69 Å². The maximum atomic E-state index is 11.2. The number of nitro benzene ring substituents is 1. The molecule has 2 aromatic carbocycles. The summed E-state index contributed by atoms with van der Waals surface area (Å²) in [5, 5.41) is 19.4. The van der Waals surface area contributed by atoms with Gasteiger partial charge in [-0.15, -0.1) is 5.11 Å². The van der Waals surface area contributed by atoms with Gasteiger partial charge >= 0.3 is 0 Å². The van der Waals surface area contributed by atoms with Crippen LogP contribution in [0.2, 0.25) is 0 Å². The minimum absolute atomic E-state index is 0.00808. The summed E-state index contributed by atoms with van der Waals surface area (Å²) >= 11 is 0. The molecule has 0 spiro atoms. The van der Waals surface area contributed by atoms with Gasteiger partial charge in [-0.2, -0.15) is 5.11 Å². The molecule has 0 bridgehead atoms. The Labute approximate surface area is 123 Å². The number of aryl methyl sites for hydroxylation is 4. The monoisotopic (exact) mass is 283 g/mol. The van der Waals surface area contributed by atoms with Gasteiger partial charge in [0.2, 0.25) is 0 Å². The Balaban J connectivity index is 2.47. The molecule has 0 aromatic heterocycles. The first kappa shape index (κ1) is 14.8. The summed E-state index contributed by atoms with van der Waals surface area (Å²) in [6.07, 6.45) is 0. The average molecular weight is 283 g/mol. The van der Waals surface area contributed by atoms with Gasteiger partial charge in [-0.05, 0) is 68.7 Å². The number of azo groups is 1. The molecule has 0 radical (unpaired) electrons. The van der Waals surface area contributed by atoms with Crippen LogP contribution in [-0.2, 0) is 0 Å². The number of benzene rings is 2. The molecule has 0 atom stereocenters. The predicted molar refractivity (Wildman–Crippen MR) is 82.7 cm³/mol. The van der Waals surface area contributed by atoms with E-state index in [4.69, 9.17) is 0 Å². The van der Waals surface area contributed by atoms with E-state index in [0.717, 1.165) is 16.7 Å². The molecular weight excluding hydrogens is 266 g/mol. The van der Waals surface area contributed by atoms with E-state index < -0.39 is 4.92 Å². The van der Waals surface area contributed by atoms with Crippen LogP contribution >= 0.6 is 0 Å². The molecule has 0 aliphatic heterocycles. The first-order chi connectivity index (χ1) is 9.86. The maximum absolute atomic E-state index is 11.2. The highest BCUT2D eigenvalue weighted by Gasteiger charge is 2.17. The van der Waals surface area contributed by atoms with Gasteiger partial charge in [-0.1, -0.05) is 6.07 Å². The fourth-order valence-corrected chi connectivity index (χ4v) is 2.37. The number of hydrogen-bond donors (Lipinski definition) is 0. The number of hydrogen-bond acceptors (Lipinski definition) is 4. The Bertz CT molecular complexity index is 716. The standard InChI is InChI=1S/C16H17N3O2/c1-10-5-11(2)8-14(7-10)17-18-15-9-12(3)6-13(4)16(15)19(20)21/h5-9H,1-4H3/b18-17+. The molecule has 0 fully saturated rings. The lowest BCUT2D eigenvalue weighted by atomic mass is 10.1. The van der Waals surface area contributed by atoms with Crippen LogP contribution in [0.25, 0.3) is 0 Å². The highest BCUT2D eigenvalue weighted by molar-refractivity contribution is 5.63. The highest BCUT2D eigenvalue weighted by Crippen LogP contribution is 2.33. The Kier molecular flexibility index (Phi) is 4.12. The normalized spacial score (nSPS) is 11.0. The molecule has 0 saturated carbocycles. The Hall–Kier alpha value is -2.56. The smallest absolute Gasteiger partial charge is 0.258 e. The second kappa shape index (κ2) is 5.83. The van der Waals surface area contributed by atoms with Crippen LogP contribution in [0, 0.1) is 37.8 Å². The van der Waals surface area contributed by atoms with Gasteiger partial charge in [-0.3, -0.25) is 10.1 Å². The third-order valence-electron chi connectivity index (χ3n) is 3.09. The summed E-state index contributed by atoms with van der Waals surface area (Å²) in [5.41, 5.74) is 4.67. The summed E-state index contributed by atoms with van der Waals surface area (Å²) in [6.45, 7) is 7.55. The molecule has 108 valence electrons. The van der Waals surface area contributed by atoms with Crippen molar-refractivity contribution in [2.45, 2.75) is 27.7 Å². The SMILES string of the molecule is Cc1cc(C)cc(/N=N/c2cc(C)cc(C)c2[N+](=O)[O-])c1. The molecule has 5 heteroatoms. The molecule has 0 amide bonds. The van der Waals surface area contributed by atoms with Crippen molar-refractivity contribution in [1.29, 1.82) is 0 Å². The third-order valence-corrected chi connectivity index (χ3v) is 3.09. The second-order valence-corrected chi connectivity index (χ2v) is 5.25. The number of nitrogens with zero attached hydrogens (tertiary/aromatic N) is 3. The molecule has 0 heterocycles. The summed E-state index contributed by atoms with van der Waals surface area (Å²) in [7, 11) is 0. The molecule has 0 aliphatic rings. The van der Waals surface area contributed by atoms with Gasteiger partial charge in [0.25, 0.3) is 5.69 Å². The predicted octanol–water partition coefficient (Wildman–Crippen LogP) is 5.24. The second-order valence-electron chi connectivity index (χ2n) is 5.25. The molecule has 2 aromatic rings. The molecule has 0 aliphatic carbocycles. The van der Waals surface area contributed by atoms with E-state index in [0.29, 0.717) is 11.3 Å². The van der Waals surface area contributed by atoms with E-state index in [1.165, 1.54) is 0 Å². The van der Waals surface area contributed by atoms with E-state index in [2.05, 4.69) is 10.2 Å². The topological polar surface area (TPSA) is 67.9 Å². The lowest BCUT2D eigenvalue weighted by molar-refractivity contribution is -0.384. The average Bonchev–Trinajstić information content (AvgIpc) is 2.33. The van der Waals surface area contributed by atoms with Crippen molar-refractivity contribution in [2.24, 2.45) is 10.2 Å². The van der Waals surface area contributed by atoms with Crippen LogP contribution in [0.5, 0.6) is 0 Å². The van der Waals surface area contributed by atoms with Gasteiger partial charge in [-0.25, -0.2) is 0 Å². The molecule has 0 N–H and O–H groups in total. The van der Waals surface area contributed by atoms with Gasteiger partial charge in [0.05, 0.1) is 10.6 Å². The lowest BCUT2D eigenvalue weighted by Gasteiger charge is -2.03. The van der Waals surface area contributed by atoms with Gasteiger partial charge in [0.1, 0.15) is 0 Å². The van der Waals surface area contributed by atoms with Crippen molar-refractivity contribution >= 4 is 17.1 Å². The van der Waals surface area contributed by atoms with Crippen LogP contribution in [0.15, 0.2) is 40.6 Å². The Morgan fingerprint density at radius 1 is 0.857 bits per heavy atom. The zero-order valence-electron chi connectivity index (χ0n) is 12.5. The van der Waals surface area contributed by atoms with E-state index >= 15 is 0 Å². The summed E-state index contributed by atoms with van der Waals surface area (Å²) in [5.74, 6) is 0. The molecule has 0 unspecified atom stereocenters. The van der Waals surface area contributed by atoms with Crippen molar-refractivity contribution in [3.63, 3.8) is 0 Å². The van der Waals surface area contributed by atoms with Crippen molar-refractivity contribution in [3.05, 3.63) is 62.7 Å². The van der Waals surface area contributed by atoms with E-state index in [9.17, 15) is 10.1 Å². The van der Waals surface area contributed by atoms with E-state index in [1.807, 2.05) is 39.0 Å². The Morgan fingerprint density at radius 3 is 2.00 bits per heavy atom. The maximum Gasteiger partial charge on any atom is 0.299 e. The van der Waals surface area contributed by atoms with E-state index in [-0.39, 0.29) is 11.4 Å². The molecule has 0 saturated heterocycles. The van der Waals surface area contributed by atoms with Crippen molar-refractivity contribution in [1.82, 2.24) is 0 Å².